The Hall–Kier alpha value is -2.97. The third kappa shape index (κ3) is 3.51. The Morgan fingerprint density at radius 3 is 2.58 bits per heavy atom. The van der Waals surface area contributed by atoms with E-state index in [0.29, 0.717) is 39.2 Å². The minimum Gasteiger partial charge on any atom is -0.493 e. The maximum absolute atomic E-state index is 12.6. The molecular formula is C17H20N6O3. The third-order valence-electron chi connectivity index (χ3n) is 4.78. The molecule has 0 unspecified atom stereocenters. The number of carbonyl (C=O) groups excluding carboxylic acids is 2. The molecule has 3 heterocycles. The van der Waals surface area contributed by atoms with Gasteiger partial charge in [-0.05, 0) is 27.6 Å². The van der Waals surface area contributed by atoms with Crippen molar-refractivity contribution < 1.29 is 14.3 Å². The van der Waals surface area contributed by atoms with E-state index in [1.54, 1.807) is 4.90 Å². The molecule has 2 aromatic rings. The molecule has 1 fully saturated rings. The van der Waals surface area contributed by atoms with Gasteiger partial charge in [0, 0.05) is 32.6 Å². The number of aromatic nitrogens is 4. The largest absolute Gasteiger partial charge is 0.493 e. The Balaban J connectivity index is 1.28. The van der Waals surface area contributed by atoms with Crippen LogP contribution in [0.15, 0.2) is 24.5 Å². The second-order valence-electron chi connectivity index (χ2n) is 6.49. The summed E-state index contributed by atoms with van der Waals surface area (Å²) in [6, 6.07) is 5.96. The van der Waals surface area contributed by atoms with E-state index in [4.69, 9.17) is 4.74 Å². The molecule has 0 bridgehead atoms. The molecule has 0 saturated carbocycles. The van der Waals surface area contributed by atoms with Gasteiger partial charge >= 0.3 is 0 Å². The molecule has 0 radical (unpaired) electrons. The summed E-state index contributed by atoms with van der Waals surface area (Å²) in [6.45, 7) is 3.00. The van der Waals surface area contributed by atoms with Crippen LogP contribution in [0, 0.1) is 0 Å². The van der Waals surface area contributed by atoms with E-state index in [0.717, 1.165) is 17.7 Å². The number of ether oxygens (including phenoxy) is 1. The molecule has 0 N–H and O–H groups in total. The van der Waals surface area contributed by atoms with Crippen molar-refractivity contribution in [3.05, 3.63) is 35.7 Å². The number of hydrogen-bond acceptors (Lipinski definition) is 6. The van der Waals surface area contributed by atoms with E-state index < -0.39 is 0 Å². The first kappa shape index (κ1) is 16.5. The Morgan fingerprint density at radius 2 is 1.85 bits per heavy atom. The van der Waals surface area contributed by atoms with Crippen molar-refractivity contribution >= 4 is 11.8 Å². The Morgan fingerprint density at radius 1 is 1.08 bits per heavy atom. The minimum atomic E-state index is -0.0389. The average Bonchev–Trinajstić information content (AvgIpc) is 3.33. The molecule has 0 atom stereocenters. The normalized spacial score (nSPS) is 16.3. The molecule has 1 aromatic carbocycles. The molecule has 2 amide bonds. The van der Waals surface area contributed by atoms with Gasteiger partial charge in [-0.2, -0.15) is 0 Å². The van der Waals surface area contributed by atoms with Crippen molar-refractivity contribution in [1.82, 2.24) is 30.0 Å². The lowest BCUT2D eigenvalue weighted by Crippen LogP contribution is -2.51. The molecule has 1 saturated heterocycles. The number of amides is 2. The highest BCUT2D eigenvalue weighted by Gasteiger charge is 2.24. The maximum atomic E-state index is 12.6. The van der Waals surface area contributed by atoms with Gasteiger partial charge in [-0.25, -0.2) is 4.68 Å². The Bertz CT molecular complexity index is 799. The molecule has 2 aliphatic heterocycles. The molecule has 9 heteroatoms. The summed E-state index contributed by atoms with van der Waals surface area (Å²) in [6.07, 6.45) is 2.70. The van der Waals surface area contributed by atoms with Crippen LogP contribution in [0.25, 0.3) is 0 Å². The summed E-state index contributed by atoms with van der Waals surface area (Å²) in [5, 5.41) is 10.7. The number of rotatable bonds is 4. The maximum Gasteiger partial charge on any atom is 0.244 e. The van der Waals surface area contributed by atoms with Crippen molar-refractivity contribution in [1.29, 1.82) is 0 Å². The molecule has 9 nitrogen and oxygen atoms in total. The fourth-order valence-electron chi connectivity index (χ4n) is 3.33. The number of benzene rings is 1. The average molecular weight is 356 g/mol. The van der Waals surface area contributed by atoms with E-state index >= 15 is 0 Å². The van der Waals surface area contributed by atoms with Crippen LogP contribution in [0.1, 0.15) is 11.1 Å². The van der Waals surface area contributed by atoms with E-state index in [9.17, 15) is 9.59 Å². The van der Waals surface area contributed by atoms with Crippen LogP contribution in [-0.4, -0.2) is 74.6 Å². The van der Waals surface area contributed by atoms with Crippen molar-refractivity contribution in [3.63, 3.8) is 0 Å². The molecule has 4 rings (SSSR count). The molecule has 1 aromatic heterocycles. The molecule has 26 heavy (non-hydrogen) atoms. The lowest BCUT2D eigenvalue weighted by molar-refractivity contribution is -0.139. The van der Waals surface area contributed by atoms with Gasteiger partial charge in [-0.3, -0.25) is 9.59 Å². The molecule has 2 aliphatic rings. The van der Waals surface area contributed by atoms with Gasteiger partial charge in [0.25, 0.3) is 0 Å². The van der Waals surface area contributed by atoms with Crippen LogP contribution in [0.3, 0.4) is 0 Å². The van der Waals surface area contributed by atoms with E-state index in [2.05, 4.69) is 21.6 Å². The van der Waals surface area contributed by atoms with Gasteiger partial charge in [-0.15, -0.1) is 5.10 Å². The highest BCUT2D eigenvalue weighted by atomic mass is 16.5. The number of tetrazole rings is 1. The lowest BCUT2D eigenvalue weighted by Gasteiger charge is -2.34. The van der Waals surface area contributed by atoms with Crippen LogP contribution in [0.5, 0.6) is 5.75 Å². The molecule has 0 aliphatic carbocycles. The highest BCUT2D eigenvalue weighted by molar-refractivity contribution is 5.80. The summed E-state index contributed by atoms with van der Waals surface area (Å²) in [7, 11) is 0. The first-order valence-electron chi connectivity index (χ1n) is 8.70. The smallest absolute Gasteiger partial charge is 0.244 e. The molecule has 136 valence electrons. The summed E-state index contributed by atoms with van der Waals surface area (Å²) in [5.41, 5.74) is 2.18. The van der Waals surface area contributed by atoms with E-state index in [-0.39, 0.29) is 18.4 Å². The monoisotopic (exact) mass is 356 g/mol. The van der Waals surface area contributed by atoms with Gasteiger partial charge in [-0.1, -0.05) is 12.1 Å². The zero-order valence-electron chi connectivity index (χ0n) is 14.4. The zero-order valence-corrected chi connectivity index (χ0v) is 14.4. The van der Waals surface area contributed by atoms with Gasteiger partial charge in [0.15, 0.2) is 0 Å². The standard InChI is InChI=1S/C17H20N6O3/c24-16(10-13-1-2-15-14(9-13)3-8-26-15)21-4-6-22(7-5-21)17(25)11-23-12-18-19-20-23/h1-2,9,12H,3-8,10-11H2. The summed E-state index contributed by atoms with van der Waals surface area (Å²) >= 11 is 0. The predicted molar refractivity (Wildman–Crippen MR) is 90.3 cm³/mol. The Labute approximate surface area is 150 Å². The SMILES string of the molecule is O=C(Cc1ccc2c(c1)CCO2)N1CCN(C(=O)Cn2cnnn2)CC1. The van der Waals surface area contributed by atoms with Crippen LogP contribution in [-0.2, 0) is 29.0 Å². The summed E-state index contributed by atoms with van der Waals surface area (Å²) in [4.78, 5) is 28.4. The van der Waals surface area contributed by atoms with E-state index in [1.807, 2.05) is 17.0 Å². The summed E-state index contributed by atoms with van der Waals surface area (Å²) < 4.78 is 6.90. The lowest BCUT2D eigenvalue weighted by atomic mass is 10.1. The number of piperazine rings is 1. The van der Waals surface area contributed by atoms with Gasteiger partial charge in [0.2, 0.25) is 11.8 Å². The zero-order chi connectivity index (χ0) is 17.9. The van der Waals surface area contributed by atoms with Gasteiger partial charge in [0.05, 0.1) is 13.0 Å². The third-order valence-corrected chi connectivity index (χ3v) is 4.78. The predicted octanol–water partition coefficient (Wildman–Crippen LogP) is -0.478. The first-order chi connectivity index (χ1) is 12.7. The number of fused-ring (bicyclic) bond motifs is 1. The molecular weight excluding hydrogens is 336 g/mol. The van der Waals surface area contributed by atoms with Crippen LogP contribution >= 0.6 is 0 Å². The van der Waals surface area contributed by atoms with Crippen molar-refractivity contribution in [2.45, 2.75) is 19.4 Å². The fourth-order valence-corrected chi connectivity index (χ4v) is 3.33. The van der Waals surface area contributed by atoms with Crippen LogP contribution in [0.2, 0.25) is 0 Å². The number of nitrogens with zero attached hydrogens (tertiary/aromatic N) is 6. The second kappa shape index (κ2) is 7.11. The number of hydrogen-bond donors (Lipinski definition) is 0. The Kier molecular flexibility index (Phi) is 4.51. The van der Waals surface area contributed by atoms with Crippen LogP contribution < -0.4 is 4.74 Å². The van der Waals surface area contributed by atoms with Crippen molar-refractivity contribution in [2.24, 2.45) is 0 Å². The van der Waals surface area contributed by atoms with Crippen molar-refractivity contribution in [3.8, 4) is 5.75 Å². The van der Waals surface area contributed by atoms with E-state index in [1.165, 1.54) is 16.6 Å². The molecule has 0 spiro atoms. The quantitative estimate of drug-likeness (QED) is 0.735. The fraction of sp³-hybridized carbons (Fsp3) is 0.471. The van der Waals surface area contributed by atoms with Gasteiger partial charge < -0.3 is 14.5 Å². The van der Waals surface area contributed by atoms with Gasteiger partial charge in [0.1, 0.15) is 18.6 Å². The first-order valence-corrected chi connectivity index (χ1v) is 8.70. The number of carbonyl (C=O) groups is 2. The highest BCUT2D eigenvalue weighted by Crippen LogP contribution is 2.26. The van der Waals surface area contributed by atoms with Crippen molar-refractivity contribution in [2.75, 3.05) is 32.8 Å². The summed E-state index contributed by atoms with van der Waals surface area (Å²) in [5.74, 6) is 0.982. The second-order valence-corrected chi connectivity index (χ2v) is 6.49. The topological polar surface area (TPSA) is 93.5 Å². The minimum absolute atomic E-state index is 0.0389. The van der Waals surface area contributed by atoms with Crippen LogP contribution in [0.4, 0.5) is 0 Å².